The van der Waals surface area contributed by atoms with E-state index in [0.717, 1.165) is 17.8 Å². The number of rotatable bonds is 5. The third-order valence-electron chi connectivity index (χ3n) is 4.36. The summed E-state index contributed by atoms with van der Waals surface area (Å²) in [5.41, 5.74) is 1.37. The van der Waals surface area contributed by atoms with E-state index in [1.165, 1.54) is 6.92 Å². The van der Waals surface area contributed by atoms with Crippen LogP contribution in [0.2, 0.25) is 0 Å². The number of nitrogens with zero attached hydrogens (tertiary/aromatic N) is 2. The summed E-state index contributed by atoms with van der Waals surface area (Å²) in [6.45, 7) is 4.63. The summed E-state index contributed by atoms with van der Waals surface area (Å²) in [6, 6.07) is 10.9. The van der Waals surface area contributed by atoms with E-state index in [0.29, 0.717) is 11.4 Å². The molecule has 0 spiro atoms. The molecular formula is C19H18FN3O4S. The zero-order valence-corrected chi connectivity index (χ0v) is 16.2. The average molecular weight is 403 g/mol. The van der Waals surface area contributed by atoms with Crippen LogP contribution in [0.1, 0.15) is 27.3 Å². The van der Waals surface area contributed by atoms with Crippen LogP contribution < -0.4 is 4.72 Å². The predicted octanol–water partition coefficient (Wildman–Crippen LogP) is 3.44. The van der Waals surface area contributed by atoms with Gasteiger partial charge in [-0.2, -0.15) is 5.10 Å². The smallest absolute Gasteiger partial charge is 0.335 e. The van der Waals surface area contributed by atoms with E-state index in [1.807, 2.05) is 30.3 Å². The van der Waals surface area contributed by atoms with E-state index in [-0.39, 0.29) is 11.3 Å². The molecule has 2 aromatic carbocycles. The van der Waals surface area contributed by atoms with Gasteiger partial charge in [-0.15, -0.1) is 0 Å². The standard InChI is InChI=1S/C19H18FN3O4S/c1-11-16(20)9-14(19(24)25)10-17(11)28(26,27)22-18-12(2)21-23(13(18)3)15-7-5-4-6-8-15/h4-10,22H,1-3H3,(H,24,25). The van der Waals surface area contributed by atoms with E-state index in [9.17, 15) is 17.6 Å². The molecule has 0 bridgehead atoms. The monoisotopic (exact) mass is 403 g/mol. The Morgan fingerprint density at radius 2 is 1.79 bits per heavy atom. The number of carboxylic acids is 1. The molecule has 7 nitrogen and oxygen atoms in total. The van der Waals surface area contributed by atoms with Crippen molar-refractivity contribution in [1.82, 2.24) is 9.78 Å². The molecule has 0 atom stereocenters. The second kappa shape index (κ2) is 7.08. The maximum atomic E-state index is 14.1. The lowest BCUT2D eigenvalue weighted by molar-refractivity contribution is 0.0696. The van der Waals surface area contributed by atoms with Gasteiger partial charge in [0.25, 0.3) is 10.0 Å². The number of aromatic carboxylic acids is 1. The minimum Gasteiger partial charge on any atom is -0.478 e. The molecule has 9 heteroatoms. The van der Waals surface area contributed by atoms with Crippen LogP contribution >= 0.6 is 0 Å². The first-order chi connectivity index (χ1) is 13.1. The highest BCUT2D eigenvalue weighted by atomic mass is 32.2. The van der Waals surface area contributed by atoms with Crippen LogP contribution in [0.4, 0.5) is 10.1 Å². The van der Waals surface area contributed by atoms with Gasteiger partial charge in [-0.3, -0.25) is 4.72 Å². The number of nitrogens with one attached hydrogen (secondary N) is 1. The molecule has 0 aliphatic carbocycles. The summed E-state index contributed by atoms with van der Waals surface area (Å²) in [5, 5.41) is 13.5. The summed E-state index contributed by atoms with van der Waals surface area (Å²) < 4.78 is 43.9. The SMILES string of the molecule is Cc1nn(-c2ccccc2)c(C)c1NS(=O)(=O)c1cc(C(=O)O)cc(F)c1C. The maximum absolute atomic E-state index is 14.1. The molecule has 0 saturated heterocycles. The molecule has 3 rings (SSSR count). The van der Waals surface area contributed by atoms with Crippen LogP contribution in [0.5, 0.6) is 0 Å². The molecule has 28 heavy (non-hydrogen) atoms. The number of halogens is 1. The first kappa shape index (κ1) is 19.6. The quantitative estimate of drug-likeness (QED) is 0.680. The van der Waals surface area contributed by atoms with E-state index in [4.69, 9.17) is 5.11 Å². The van der Waals surface area contributed by atoms with Gasteiger partial charge in [-0.1, -0.05) is 18.2 Å². The highest BCUT2D eigenvalue weighted by molar-refractivity contribution is 7.92. The van der Waals surface area contributed by atoms with Gasteiger partial charge >= 0.3 is 5.97 Å². The van der Waals surface area contributed by atoms with Crippen molar-refractivity contribution in [3.05, 3.63) is 70.8 Å². The van der Waals surface area contributed by atoms with E-state index in [2.05, 4.69) is 9.82 Å². The Morgan fingerprint density at radius 3 is 2.39 bits per heavy atom. The number of sulfonamides is 1. The number of carbonyl (C=O) groups is 1. The van der Waals surface area contributed by atoms with Crippen molar-refractivity contribution in [3.63, 3.8) is 0 Å². The molecule has 2 N–H and O–H groups in total. The highest BCUT2D eigenvalue weighted by Gasteiger charge is 2.25. The molecule has 1 heterocycles. The lowest BCUT2D eigenvalue weighted by atomic mass is 10.1. The predicted molar refractivity (Wildman–Crippen MR) is 102 cm³/mol. The molecule has 0 radical (unpaired) electrons. The zero-order valence-electron chi connectivity index (χ0n) is 15.4. The highest BCUT2D eigenvalue weighted by Crippen LogP contribution is 2.28. The molecule has 0 aliphatic rings. The van der Waals surface area contributed by atoms with E-state index in [1.54, 1.807) is 18.5 Å². The second-order valence-corrected chi connectivity index (χ2v) is 7.94. The summed E-state index contributed by atoms with van der Waals surface area (Å²) in [7, 11) is -4.24. The van der Waals surface area contributed by atoms with Crippen molar-refractivity contribution >= 4 is 21.7 Å². The number of hydrogen-bond acceptors (Lipinski definition) is 4. The fourth-order valence-electron chi connectivity index (χ4n) is 2.86. The summed E-state index contributed by atoms with van der Waals surface area (Å²) >= 11 is 0. The fraction of sp³-hybridized carbons (Fsp3) is 0.158. The maximum Gasteiger partial charge on any atom is 0.335 e. The molecular weight excluding hydrogens is 385 g/mol. The normalized spacial score (nSPS) is 11.4. The lowest BCUT2D eigenvalue weighted by Gasteiger charge is -2.12. The Bertz CT molecular complexity index is 1170. The Hall–Kier alpha value is -3.20. The van der Waals surface area contributed by atoms with Crippen LogP contribution in [0, 0.1) is 26.6 Å². The molecule has 0 unspecified atom stereocenters. The van der Waals surface area contributed by atoms with Crippen molar-refractivity contribution in [2.75, 3.05) is 4.72 Å². The molecule has 0 saturated carbocycles. The largest absolute Gasteiger partial charge is 0.478 e. The first-order valence-corrected chi connectivity index (χ1v) is 9.78. The first-order valence-electron chi connectivity index (χ1n) is 8.29. The number of para-hydroxylation sites is 1. The van der Waals surface area contributed by atoms with Gasteiger partial charge in [0.2, 0.25) is 0 Å². The van der Waals surface area contributed by atoms with Crippen molar-refractivity contribution in [3.8, 4) is 5.69 Å². The second-order valence-electron chi connectivity index (χ2n) is 6.29. The molecule has 146 valence electrons. The summed E-state index contributed by atoms with van der Waals surface area (Å²) in [5.74, 6) is -2.33. The zero-order chi connectivity index (χ0) is 20.6. The molecule has 0 amide bonds. The summed E-state index contributed by atoms with van der Waals surface area (Å²) in [6.07, 6.45) is 0. The number of anilines is 1. The molecule has 3 aromatic rings. The Labute approximate surface area is 161 Å². The number of benzene rings is 2. The van der Waals surface area contributed by atoms with Gasteiger partial charge < -0.3 is 5.11 Å². The van der Waals surface area contributed by atoms with Gasteiger partial charge in [0, 0.05) is 5.56 Å². The molecule has 0 fully saturated rings. The van der Waals surface area contributed by atoms with Gasteiger partial charge in [-0.05, 0) is 45.0 Å². The van der Waals surface area contributed by atoms with Gasteiger partial charge in [0.15, 0.2) is 0 Å². The van der Waals surface area contributed by atoms with E-state index < -0.39 is 32.3 Å². The van der Waals surface area contributed by atoms with Crippen LogP contribution in [0.25, 0.3) is 5.69 Å². The Kier molecular flexibility index (Phi) is 4.95. The van der Waals surface area contributed by atoms with Crippen LogP contribution in [-0.2, 0) is 10.0 Å². The van der Waals surface area contributed by atoms with Crippen molar-refractivity contribution in [2.24, 2.45) is 0 Å². The van der Waals surface area contributed by atoms with Crippen LogP contribution in [0.3, 0.4) is 0 Å². The van der Waals surface area contributed by atoms with Crippen molar-refractivity contribution in [2.45, 2.75) is 25.7 Å². The molecule has 1 aromatic heterocycles. The third kappa shape index (κ3) is 3.48. The van der Waals surface area contributed by atoms with Gasteiger partial charge in [-0.25, -0.2) is 22.3 Å². The summed E-state index contributed by atoms with van der Waals surface area (Å²) in [4.78, 5) is 10.7. The number of aryl methyl sites for hydroxylation is 1. The van der Waals surface area contributed by atoms with Gasteiger partial charge in [0.1, 0.15) is 5.82 Å². The topological polar surface area (TPSA) is 101 Å². The van der Waals surface area contributed by atoms with Crippen molar-refractivity contribution < 1.29 is 22.7 Å². The molecule has 0 aliphatic heterocycles. The Morgan fingerprint density at radius 1 is 1.14 bits per heavy atom. The van der Waals surface area contributed by atoms with Crippen molar-refractivity contribution in [1.29, 1.82) is 0 Å². The lowest BCUT2D eigenvalue weighted by Crippen LogP contribution is -2.17. The van der Waals surface area contributed by atoms with E-state index >= 15 is 0 Å². The number of hydrogen-bond donors (Lipinski definition) is 2. The van der Waals surface area contributed by atoms with Crippen LogP contribution in [-0.4, -0.2) is 29.3 Å². The van der Waals surface area contributed by atoms with Crippen LogP contribution in [0.15, 0.2) is 47.4 Å². The Balaban J connectivity index is 2.08. The fourth-order valence-corrected chi connectivity index (χ4v) is 4.31. The number of carboxylic acid groups (broad SMARTS) is 1. The average Bonchev–Trinajstić information content (AvgIpc) is 2.92. The van der Waals surface area contributed by atoms with Gasteiger partial charge in [0.05, 0.1) is 33.2 Å². The number of aromatic nitrogens is 2. The minimum atomic E-state index is -4.24. The third-order valence-corrected chi connectivity index (χ3v) is 5.84. The minimum absolute atomic E-state index is 0.164.